The molecule has 0 fully saturated rings. The summed E-state index contributed by atoms with van der Waals surface area (Å²) in [7, 11) is 0. The molecular formula is C56H108O6. The molecule has 0 spiro atoms. The zero-order valence-corrected chi connectivity index (χ0v) is 42.3. The fraction of sp³-hybridized carbons (Fsp3) is 0.946. The fourth-order valence-electron chi connectivity index (χ4n) is 8.54. The standard InChI is InChI=1S/C56H108O6/c1-5-8-10-12-14-16-18-20-22-24-26-28-30-35-39-43-47-54(57)60-50-53(51-61-55(58)48-44-40-36-33-32-34-38-42-46-52(4)7-3)62-56(59)49-45-41-37-31-29-27-25-23-21-19-17-15-13-11-9-6-2/h52-53H,5-51H2,1-4H3/t52?,53-/m1/s1. The molecule has 0 aliphatic rings. The van der Waals surface area contributed by atoms with E-state index in [2.05, 4.69) is 27.7 Å². The normalized spacial score (nSPS) is 12.4. The average molecular weight is 877 g/mol. The highest BCUT2D eigenvalue weighted by atomic mass is 16.6. The maximum Gasteiger partial charge on any atom is 0.306 e. The van der Waals surface area contributed by atoms with Gasteiger partial charge < -0.3 is 14.2 Å². The number of unbranched alkanes of at least 4 members (excludes halogenated alkanes) is 37. The molecular weight excluding hydrogens is 769 g/mol. The van der Waals surface area contributed by atoms with Crippen molar-refractivity contribution in [1.82, 2.24) is 0 Å². The van der Waals surface area contributed by atoms with Gasteiger partial charge in [0.15, 0.2) is 6.10 Å². The van der Waals surface area contributed by atoms with Crippen LogP contribution in [-0.2, 0) is 28.6 Å². The average Bonchev–Trinajstić information content (AvgIpc) is 3.27. The van der Waals surface area contributed by atoms with Crippen LogP contribution in [0.15, 0.2) is 0 Å². The van der Waals surface area contributed by atoms with Gasteiger partial charge in [0.05, 0.1) is 0 Å². The molecule has 0 heterocycles. The molecule has 1 unspecified atom stereocenters. The van der Waals surface area contributed by atoms with Gasteiger partial charge in [0.1, 0.15) is 13.2 Å². The Kier molecular flexibility index (Phi) is 49.1. The van der Waals surface area contributed by atoms with E-state index < -0.39 is 6.10 Å². The minimum atomic E-state index is -0.762. The van der Waals surface area contributed by atoms with Crippen LogP contribution < -0.4 is 0 Å². The van der Waals surface area contributed by atoms with Crippen LogP contribution in [0.1, 0.15) is 317 Å². The van der Waals surface area contributed by atoms with Crippen molar-refractivity contribution in [3.05, 3.63) is 0 Å². The molecule has 0 aromatic rings. The molecule has 0 amide bonds. The van der Waals surface area contributed by atoms with E-state index in [1.807, 2.05) is 0 Å². The summed E-state index contributed by atoms with van der Waals surface area (Å²) >= 11 is 0. The lowest BCUT2D eigenvalue weighted by molar-refractivity contribution is -0.167. The van der Waals surface area contributed by atoms with Crippen molar-refractivity contribution in [1.29, 1.82) is 0 Å². The van der Waals surface area contributed by atoms with Gasteiger partial charge >= 0.3 is 17.9 Å². The Morgan fingerprint density at radius 3 is 0.839 bits per heavy atom. The van der Waals surface area contributed by atoms with Crippen molar-refractivity contribution in [3.63, 3.8) is 0 Å². The lowest BCUT2D eigenvalue weighted by atomic mass is 9.99. The van der Waals surface area contributed by atoms with Crippen molar-refractivity contribution in [2.24, 2.45) is 5.92 Å². The molecule has 0 saturated heterocycles. The van der Waals surface area contributed by atoms with Crippen LogP contribution in [0.5, 0.6) is 0 Å². The van der Waals surface area contributed by atoms with Crippen molar-refractivity contribution >= 4 is 17.9 Å². The van der Waals surface area contributed by atoms with Crippen LogP contribution in [0.25, 0.3) is 0 Å². The summed E-state index contributed by atoms with van der Waals surface area (Å²) in [5.74, 6) is 0.00802. The second-order valence-electron chi connectivity index (χ2n) is 19.5. The molecule has 0 rings (SSSR count). The SMILES string of the molecule is CCCCCCCCCCCCCCCCCCC(=O)OC[C@H](COC(=O)CCCCCCCCCCC(C)CC)OC(=O)CCCCCCCCCCCCCCCCCC. The van der Waals surface area contributed by atoms with Gasteiger partial charge in [0.25, 0.3) is 0 Å². The summed E-state index contributed by atoms with van der Waals surface area (Å²) in [4.78, 5) is 38.1. The molecule has 0 saturated carbocycles. The zero-order chi connectivity index (χ0) is 45.2. The fourth-order valence-corrected chi connectivity index (χ4v) is 8.54. The third kappa shape index (κ3) is 47.9. The first-order valence-electron chi connectivity index (χ1n) is 27.9. The van der Waals surface area contributed by atoms with Crippen molar-refractivity contribution in [3.8, 4) is 0 Å². The Morgan fingerprint density at radius 2 is 0.565 bits per heavy atom. The van der Waals surface area contributed by atoms with E-state index in [1.54, 1.807) is 0 Å². The van der Waals surface area contributed by atoms with Gasteiger partial charge in [-0.25, -0.2) is 0 Å². The van der Waals surface area contributed by atoms with Crippen molar-refractivity contribution in [2.45, 2.75) is 323 Å². The summed E-state index contributed by atoms with van der Waals surface area (Å²) in [6.45, 7) is 9.05. The molecule has 6 heteroatoms. The Hall–Kier alpha value is -1.59. The number of rotatable bonds is 51. The lowest BCUT2D eigenvalue weighted by Gasteiger charge is -2.18. The van der Waals surface area contributed by atoms with E-state index >= 15 is 0 Å². The lowest BCUT2D eigenvalue weighted by Crippen LogP contribution is -2.30. The molecule has 0 radical (unpaired) electrons. The quantitative estimate of drug-likeness (QED) is 0.0344. The highest BCUT2D eigenvalue weighted by molar-refractivity contribution is 5.71. The second-order valence-corrected chi connectivity index (χ2v) is 19.5. The Morgan fingerprint density at radius 1 is 0.323 bits per heavy atom. The largest absolute Gasteiger partial charge is 0.462 e. The second kappa shape index (κ2) is 50.4. The summed E-state index contributed by atoms with van der Waals surface area (Å²) in [5, 5.41) is 0. The molecule has 6 nitrogen and oxygen atoms in total. The molecule has 0 aromatic carbocycles. The highest BCUT2D eigenvalue weighted by Crippen LogP contribution is 2.18. The molecule has 368 valence electrons. The Labute approximate surface area is 387 Å². The molecule has 0 aliphatic heterocycles. The summed E-state index contributed by atoms with van der Waals surface area (Å²) < 4.78 is 16.9. The van der Waals surface area contributed by atoms with Gasteiger partial charge in [-0.3, -0.25) is 14.4 Å². The molecule has 0 aliphatic carbocycles. The number of ether oxygens (including phenoxy) is 3. The third-order valence-electron chi connectivity index (χ3n) is 13.2. The van der Waals surface area contributed by atoms with Crippen LogP contribution in [0, 0.1) is 5.92 Å². The van der Waals surface area contributed by atoms with Crippen LogP contribution >= 0.6 is 0 Å². The highest BCUT2D eigenvalue weighted by Gasteiger charge is 2.19. The Bertz CT molecular complexity index is 935. The van der Waals surface area contributed by atoms with Crippen molar-refractivity contribution in [2.75, 3.05) is 13.2 Å². The zero-order valence-electron chi connectivity index (χ0n) is 42.3. The van der Waals surface area contributed by atoms with Crippen LogP contribution in [-0.4, -0.2) is 37.2 Å². The third-order valence-corrected chi connectivity index (χ3v) is 13.2. The van der Waals surface area contributed by atoms with E-state index in [4.69, 9.17) is 14.2 Å². The molecule has 0 bridgehead atoms. The molecule has 0 N–H and O–H groups in total. The number of carbonyl (C=O) groups is 3. The molecule has 0 aromatic heterocycles. The van der Waals surface area contributed by atoms with E-state index in [9.17, 15) is 14.4 Å². The predicted octanol–water partition coefficient (Wildman–Crippen LogP) is 18.2. The van der Waals surface area contributed by atoms with Crippen LogP contribution in [0.2, 0.25) is 0 Å². The maximum atomic E-state index is 12.8. The minimum Gasteiger partial charge on any atom is -0.462 e. The number of esters is 3. The first-order valence-corrected chi connectivity index (χ1v) is 27.9. The van der Waals surface area contributed by atoms with Gasteiger partial charge in [-0.05, 0) is 25.2 Å². The van der Waals surface area contributed by atoms with Gasteiger partial charge in [-0.2, -0.15) is 0 Å². The number of hydrogen-bond acceptors (Lipinski definition) is 6. The van der Waals surface area contributed by atoms with E-state index in [0.29, 0.717) is 19.3 Å². The summed E-state index contributed by atoms with van der Waals surface area (Å²) in [6.07, 6.45) is 53.7. The van der Waals surface area contributed by atoms with Crippen LogP contribution in [0.3, 0.4) is 0 Å². The van der Waals surface area contributed by atoms with Gasteiger partial charge in [-0.15, -0.1) is 0 Å². The molecule has 62 heavy (non-hydrogen) atoms. The van der Waals surface area contributed by atoms with E-state index in [1.165, 1.54) is 212 Å². The summed E-state index contributed by atoms with van der Waals surface area (Å²) in [6, 6.07) is 0. The first kappa shape index (κ1) is 60.4. The van der Waals surface area contributed by atoms with Gasteiger partial charge in [0, 0.05) is 19.3 Å². The summed E-state index contributed by atoms with van der Waals surface area (Å²) in [5.41, 5.74) is 0. The van der Waals surface area contributed by atoms with Crippen LogP contribution in [0.4, 0.5) is 0 Å². The monoisotopic (exact) mass is 877 g/mol. The van der Waals surface area contributed by atoms with E-state index in [0.717, 1.165) is 63.7 Å². The maximum absolute atomic E-state index is 12.8. The smallest absolute Gasteiger partial charge is 0.306 e. The van der Waals surface area contributed by atoms with Crippen molar-refractivity contribution < 1.29 is 28.6 Å². The predicted molar refractivity (Wildman–Crippen MR) is 266 cm³/mol. The first-order chi connectivity index (χ1) is 30.4. The number of carbonyl (C=O) groups excluding carboxylic acids is 3. The van der Waals surface area contributed by atoms with Gasteiger partial charge in [-0.1, -0.05) is 278 Å². The topological polar surface area (TPSA) is 78.9 Å². The Balaban J connectivity index is 4.30. The number of hydrogen-bond donors (Lipinski definition) is 0. The van der Waals surface area contributed by atoms with Gasteiger partial charge in [0.2, 0.25) is 0 Å². The molecule has 2 atom stereocenters. The van der Waals surface area contributed by atoms with E-state index in [-0.39, 0.29) is 31.1 Å². The minimum absolute atomic E-state index is 0.0625.